The van der Waals surface area contributed by atoms with E-state index in [1.807, 2.05) is 0 Å². The van der Waals surface area contributed by atoms with Gasteiger partial charge in [-0.2, -0.15) is 8.42 Å². The van der Waals surface area contributed by atoms with E-state index in [1.54, 1.807) is 25.3 Å². The summed E-state index contributed by atoms with van der Waals surface area (Å²) in [6.07, 6.45) is 1.68. The number of hydrogen-bond donors (Lipinski definition) is 2. The Bertz CT molecular complexity index is 698. The molecule has 1 aromatic carbocycles. The Morgan fingerprint density at radius 2 is 2.21 bits per heavy atom. The molecule has 0 amide bonds. The van der Waals surface area contributed by atoms with Crippen molar-refractivity contribution in [2.45, 2.75) is 18.4 Å². The lowest BCUT2D eigenvalue weighted by Crippen LogP contribution is -2.03. The van der Waals surface area contributed by atoms with Crippen LogP contribution in [0, 0.1) is 6.92 Å². The molecule has 0 unspecified atom stereocenters. The van der Waals surface area contributed by atoms with Gasteiger partial charge in [-0.15, -0.1) is 11.3 Å². The van der Waals surface area contributed by atoms with Crippen LogP contribution in [0.1, 0.15) is 10.4 Å². The van der Waals surface area contributed by atoms with E-state index in [0.717, 1.165) is 10.6 Å². The summed E-state index contributed by atoms with van der Waals surface area (Å²) in [7, 11) is -4.17. The van der Waals surface area contributed by atoms with Gasteiger partial charge in [-0.1, -0.05) is 11.6 Å². The highest BCUT2D eigenvalue weighted by Gasteiger charge is 2.12. The maximum absolute atomic E-state index is 11.1. The molecule has 102 valence electrons. The molecule has 0 atom stereocenters. The van der Waals surface area contributed by atoms with Gasteiger partial charge in [0.25, 0.3) is 10.1 Å². The number of aryl methyl sites for hydroxylation is 1. The van der Waals surface area contributed by atoms with Crippen LogP contribution >= 0.6 is 22.9 Å². The minimum absolute atomic E-state index is 0.0844. The zero-order valence-electron chi connectivity index (χ0n) is 9.92. The van der Waals surface area contributed by atoms with E-state index in [1.165, 1.54) is 17.4 Å². The first kappa shape index (κ1) is 14.3. The third-order valence-corrected chi connectivity index (χ3v) is 4.57. The van der Waals surface area contributed by atoms with Crippen LogP contribution in [0.25, 0.3) is 0 Å². The molecule has 2 aromatic rings. The summed E-state index contributed by atoms with van der Waals surface area (Å²) in [5, 5.41) is 3.13. The topological polar surface area (TPSA) is 79.3 Å². The normalized spacial score (nSPS) is 11.5. The van der Waals surface area contributed by atoms with Crippen molar-refractivity contribution in [2.75, 3.05) is 5.32 Å². The molecule has 5 nitrogen and oxygen atoms in total. The predicted molar refractivity (Wildman–Crippen MR) is 75.4 cm³/mol. The maximum atomic E-state index is 11.1. The Balaban J connectivity index is 2.12. The fourth-order valence-electron chi connectivity index (χ4n) is 1.60. The minimum Gasteiger partial charge on any atom is -0.380 e. The zero-order valence-corrected chi connectivity index (χ0v) is 12.3. The van der Waals surface area contributed by atoms with Crippen molar-refractivity contribution in [3.8, 4) is 0 Å². The summed E-state index contributed by atoms with van der Waals surface area (Å²) >= 11 is 7.10. The highest BCUT2D eigenvalue weighted by atomic mass is 35.5. The van der Waals surface area contributed by atoms with Crippen LogP contribution in [-0.2, 0) is 16.7 Å². The molecular formula is C11H11ClN2O3S2. The van der Waals surface area contributed by atoms with Gasteiger partial charge in [0.1, 0.15) is 0 Å². The third kappa shape index (κ3) is 3.66. The SMILES string of the molecule is Cc1cc(NCc2cnc(Cl)s2)ccc1S(=O)(=O)O. The number of aromatic nitrogens is 1. The molecule has 0 aliphatic rings. The quantitative estimate of drug-likeness (QED) is 0.847. The molecule has 0 bridgehead atoms. The Morgan fingerprint density at radius 3 is 2.74 bits per heavy atom. The van der Waals surface area contributed by atoms with Crippen molar-refractivity contribution in [3.05, 3.63) is 39.3 Å². The van der Waals surface area contributed by atoms with Crippen molar-refractivity contribution in [2.24, 2.45) is 0 Å². The number of rotatable bonds is 4. The smallest absolute Gasteiger partial charge is 0.294 e. The number of benzene rings is 1. The second kappa shape index (κ2) is 5.46. The van der Waals surface area contributed by atoms with Crippen molar-refractivity contribution in [3.63, 3.8) is 0 Å². The third-order valence-electron chi connectivity index (χ3n) is 2.44. The Hall–Kier alpha value is -1.15. The highest BCUT2D eigenvalue weighted by Crippen LogP contribution is 2.22. The second-order valence-electron chi connectivity index (χ2n) is 3.89. The lowest BCUT2D eigenvalue weighted by molar-refractivity contribution is 0.482. The first-order valence-corrected chi connectivity index (χ1v) is 7.92. The monoisotopic (exact) mass is 318 g/mol. The molecule has 0 aliphatic carbocycles. The fourth-order valence-corrected chi connectivity index (χ4v) is 3.23. The molecule has 0 saturated heterocycles. The van der Waals surface area contributed by atoms with E-state index < -0.39 is 10.1 Å². The molecule has 0 aliphatic heterocycles. The van der Waals surface area contributed by atoms with Crippen LogP contribution in [0.2, 0.25) is 4.47 Å². The van der Waals surface area contributed by atoms with Gasteiger partial charge in [-0.25, -0.2) is 4.98 Å². The number of thiazole rings is 1. The molecule has 2 rings (SSSR count). The van der Waals surface area contributed by atoms with Crippen LogP contribution in [0.3, 0.4) is 0 Å². The summed E-state index contributed by atoms with van der Waals surface area (Å²) in [6.45, 7) is 2.17. The summed E-state index contributed by atoms with van der Waals surface area (Å²) in [6, 6.07) is 4.62. The largest absolute Gasteiger partial charge is 0.380 e. The number of nitrogens with zero attached hydrogens (tertiary/aromatic N) is 1. The molecule has 1 aromatic heterocycles. The number of nitrogens with one attached hydrogen (secondary N) is 1. The van der Waals surface area contributed by atoms with Crippen LogP contribution in [0.15, 0.2) is 29.3 Å². The first-order valence-electron chi connectivity index (χ1n) is 5.28. The molecule has 0 radical (unpaired) electrons. The zero-order chi connectivity index (χ0) is 14.0. The predicted octanol–water partition coefficient (Wildman–Crippen LogP) is 2.96. The number of hydrogen-bond acceptors (Lipinski definition) is 5. The standard InChI is InChI=1S/C11H11ClN2O3S2/c1-7-4-8(2-3-10(7)19(15,16)17)13-5-9-6-14-11(12)18-9/h2-4,6,13H,5H2,1H3,(H,15,16,17). The van der Waals surface area contributed by atoms with Crippen molar-refractivity contribution in [1.82, 2.24) is 4.98 Å². The minimum atomic E-state index is -4.17. The summed E-state index contributed by atoms with van der Waals surface area (Å²) in [5.41, 5.74) is 1.24. The van der Waals surface area contributed by atoms with Crippen molar-refractivity contribution in [1.29, 1.82) is 0 Å². The molecule has 0 saturated carbocycles. The van der Waals surface area contributed by atoms with E-state index in [2.05, 4.69) is 10.3 Å². The van der Waals surface area contributed by atoms with E-state index in [-0.39, 0.29) is 4.90 Å². The van der Waals surface area contributed by atoms with Gasteiger partial charge in [0.05, 0.1) is 11.4 Å². The van der Waals surface area contributed by atoms with Gasteiger partial charge in [0.2, 0.25) is 0 Å². The maximum Gasteiger partial charge on any atom is 0.294 e. The van der Waals surface area contributed by atoms with Crippen LogP contribution in [-0.4, -0.2) is 18.0 Å². The van der Waals surface area contributed by atoms with Crippen LogP contribution in [0.5, 0.6) is 0 Å². The summed E-state index contributed by atoms with van der Waals surface area (Å²) < 4.78 is 31.6. The van der Waals surface area contributed by atoms with E-state index >= 15 is 0 Å². The Morgan fingerprint density at radius 1 is 1.47 bits per heavy atom. The van der Waals surface area contributed by atoms with Gasteiger partial charge < -0.3 is 5.32 Å². The van der Waals surface area contributed by atoms with Gasteiger partial charge in [0, 0.05) is 16.8 Å². The molecule has 1 heterocycles. The Kier molecular flexibility index (Phi) is 4.10. The van der Waals surface area contributed by atoms with Gasteiger partial charge in [0.15, 0.2) is 4.47 Å². The van der Waals surface area contributed by atoms with E-state index in [9.17, 15) is 8.42 Å². The van der Waals surface area contributed by atoms with E-state index in [4.69, 9.17) is 16.2 Å². The van der Waals surface area contributed by atoms with Crippen molar-refractivity contribution >= 4 is 38.7 Å². The lowest BCUT2D eigenvalue weighted by Gasteiger charge is -2.08. The first-order chi connectivity index (χ1) is 8.86. The summed E-state index contributed by atoms with van der Waals surface area (Å²) in [4.78, 5) is 4.81. The molecule has 8 heteroatoms. The number of halogens is 1. The molecule has 0 spiro atoms. The molecular weight excluding hydrogens is 308 g/mol. The Labute approximate surface area is 120 Å². The average Bonchev–Trinajstić information content (AvgIpc) is 2.71. The molecule has 2 N–H and O–H groups in total. The fraction of sp³-hybridized carbons (Fsp3) is 0.182. The lowest BCUT2D eigenvalue weighted by atomic mass is 10.2. The van der Waals surface area contributed by atoms with Gasteiger partial charge in [-0.05, 0) is 30.7 Å². The van der Waals surface area contributed by atoms with Crippen LogP contribution < -0.4 is 5.32 Å². The highest BCUT2D eigenvalue weighted by molar-refractivity contribution is 7.85. The molecule has 19 heavy (non-hydrogen) atoms. The molecule has 0 fully saturated rings. The van der Waals surface area contributed by atoms with E-state index in [0.29, 0.717) is 16.6 Å². The number of anilines is 1. The van der Waals surface area contributed by atoms with Gasteiger partial charge in [-0.3, -0.25) is 4.55 Å². The van der Waals surface area contributed by atoms with Crippen molar-refractivity contribution < 1.29 is 13.0 Å². The van der Waals surface area contributed by atoms with Crippen LogP contribution in [0.4, 0.5) is 5.69 Å². The van der Waals surface area contributed by atoms with Gasteiger partial charge >= 0.3 is 0 Å². The average molecular weight is 319 g/mol. The summed E-state index contributed by atoms with van der Waals surface area (Å²) in [5.74, 6) is 0. The second-order valence-corrected chi connectivity index (χ2v) is 6.98.